The number of aryl methyl sites for hydroxylation is 1. The van der Waals surface area contributed by atoms with Crippen LogP contribution in [0.1, 0.15) is 42.5 Å². The standard InChI is InChI=1S/C19H23N3S/c1-3-7-22-10-13(20-11-23)8-16-14-5-4-6-17-19(14)15(9-18(16)22)12(2)21-17/h4-6,13,16,18,21H,3,7-10H2,1-2H3/t13-,16?,18+/m0/s1. The van der Waals surface area contributed by atoms with Gasteiger partial charge in [-0.15, -0.1) is 0 Å². The number of aliphatic imine (C=N–C) groups is 1. The number of aromatic amines is 1. The van der Waals surface area contributed by atoms with E-state index in [9.17, 15) is 0 Å². The highest BCUT2D eigenvalue weighted by molar-refractivity contribution is 7.78. The van der Waals surface area contributed by atoms with Gasteiger partial charge in [0.2, 0.25) is 0 Å². The molecule has 1 saturated heterocycles. The van der Waals surface area contributed by atoms with Crippen LogP contribution in [0.5, 0.6) is 0 Å². The van der Waals surface area contributed by atoms with Crippen LogP contribution in [0, 0.1) is 6.92 Å². The summed E-state index contributed by atoms with van der Waals surface area (Å²) in [5.41, 5.74) is 5.65. The van der Waals surface area contributed by atoms with Crippen LogP contribution in [-0.2, 0) is 6.42 Å². The third-order valence-corrected chi connectivity index (χ3v) is 5.74. The van der Waals surface area contributed by atoms with Crippen molar-refractivity contribution in [3.05, 3.63) is 35.0 Å². The predicted octanol–water partition coefficient (Wildman–Crippen LogP) is 4.07. The van der Waals surface area contributed by atoms with Crippen molar-refractivity contribution in [2.45, 2.75) is 51.1 Å². The van der Waals surface area contributed by atoms with E-state index in [1.165, 1.54) is 34.1 Å². The molecule has 0 saturated carbocycles. The molecule has 1 aliphatic carbocycles. The van der Waals surface area contributed by atoms with Crippen molar-refractivity contribution in [1.82, 2.24) is 9.88 Å². The molecule has 2 heterocycles. The van der Waals surface area contributed by atoms with E-state index < -0.39 is 0 Å². The lowest BCUT2D eigenvalue weighted by molar-refractivity contribution is 0.111. The number of H-pyrrole nitrogens is 1. The Morgan fingerprint density at radius 3 is 3.09 bits per heavy atom. The largest absolute Gasteiger partial charge is 0.358 e. The number of isothiocyanates is 1. The Morgan fingerprint density at radius 2 is 2.30 bits per heavy atom. The SMILES string of the molecule is CCCN1C[C@@H](N=C=S)CC2c3cccc4[nH]c(C)c(c34)C[C@H]21. The summed E-state index contributed by atoms with van der Waals surface area (Å²) in [6.45, 7) is 6.64. The highest BCUT2D eigenvalue weighted by Gasteiger charge is 2.40. The van der Waals surface area contributed by atoms with E-state index in [1.807, 2.05) is 0 Å². The first-order chi connectivity index (χ1) is 11.2. The zero-order chi connectivity index (χ0) is 16.0. The van der Waals surface area contributed by atoms with Gasteiger partial charge in [-0.05, 0) is 62.1 Å². The van der Waals surface area contributed by atoms with E-state index in [-0.39, 0.29) is 6.04 Å². The number of benzene rings is 1. The van der Waals surface area contributed by atoms with Gasteiger partial charge in [-0.3, -0.25) is 4.90 Å². The average Bonchev–Trinajstić information content (AvgIpc) is 2.86. The molecule has 0 amide bonds. The third-order valence-electron chi connectivity index (χ3n) is 5.64. The first-order valence-electron chi connectivity index (χ1n) is 8.64. The molecule has 1 unspecified atom stereocenters. The lowest BCUT2D eigenvalue weighted by atomic mass is 9.73. The summed E-state index contributed by atoms with van der Waals surface area (Å²) in [5, 5.41) is 4.09. The summed E-state index contributed by atoms with van der Waals surface area (Å²) in [6, 6.07) is 7.60. The summed E-state index contributed by atoms with van der Waals surface area (Å²) < 4.78 is 0. The van der Waals surface area contributed by atoms with Crippen LogP contribution in [0.4, 0.5) is 0 Å². The van der Waals surface area contributed by atoms with Crippen molar-refractivity contribution in [1.29, 1.82) is 0 Å². The van der Waals surface area contributed by atoms with Gasteiger partial charge in [0.15, 0.2) is 0 Å². The van der Waals surface area contributed by atoms with Crippen molar-refractivity contribution in [3.8, 4) is 0 Å². The molecule has 2 aliphatic rings. The lowest BCUT2D eigenvalue weighted by Crippen LogP contribution is -2.51. The van der Waals surface area contributed by atoms with E-state index in [0.29, 0.717) is 12.0 Å². The van der Waals surface area contributed by atoms with Gasteiger partial charge < -0.3 is 4.98 Å². The molecular weight excluding hydrogens is 302 g/mol. The third kappa shape index (κ3) is 2.37. The topological polar surface area (TPSA) is 31.4 Å². The number of aromatic nitrogens is 1. The maximum Gasteiger partial charge on any atom is 0.0736 e. The minimum Gasteiger partial charge on any atom is -0.358 e. The summed E-state index contributed by atoms with van der Waals surface area (Å²) in [4.78, 5) is 10.7. The molecule has 3 nitrogen and oxygen atoms in total. The van der Waals surface area contributed by atoms with Crippen LogP contribution in [0.25, 0.3) is 10.9 Å². The van der Waals surface area contributed by atoms with Crippen molar-refractivity contribution < 1.29 is 0 Å². The molecule has 120 valence electrons. The number of likely N-dealkylation sites (tertiary alicyclic amines) is 1. The first-order valence-corrected chi connectivity index (χ1v) is 9.04. The van der Waals surface area contributed by atoms with Gasteiger partial charge in [-0.25, -0.2) is 4.99 Å². The second kappa shape index (κ2) is 5.86. The Hall–Kier alpha value is -1.48. The van der Waals surface area contributed by atoms with Gasteiger partial charge in [0.25, 0.3) is 0 Å². The molecule has 0 bridgehead atoms. The van der Waals surface area contributed by atoms with Crippen LogP contribution >= 0.6 is 12.2 Å². The normalized spacial score (nSPS) is 26.8. The van der Waals surface area contributed by atoms with Crippen LogP contribution < -0.4 is 0 Å². The lowest BCUT2D eigenvalue weighted by Gasteiger charge is -2.46. The summed E-state index contributed by atoms with van der Waals surface area (Å²) >= 11 is 4.87. The van der Waals surface area contributed by atoms with Crippen LogP contribution in [0.15, 0.2) is 23.2 Å². The number of nitrogens with one attached hydrogen (secondary N) is 1. The first kappa shape index (κ1) is 15.1. The van der Waals surface area contributed by atoms with Gasteiger partial charge in [-0.1, -0.05) is 19.1 Å². The maximum absolute atomic E-state index is 4.87. The van der Waals surface area contributed by atoms with E-state index in [0.717, 1.165) is 25.9 Å². The molecule has 23 heavy (non-hydrogen) atoms. The van der Waals surface area contributed by atoms with Crippen LogP contribution in [0.3, 0.4) is 0 Å². The molecule has 3 atom stereocenters. The number of thiocarbonyl (C=S) groups is 1. The zero-order valence-electron chi connectivity index (χ0n) is 13.8. The molecule has 1 N–H and O–H groups in total. The van der Waals surface area contributed by atoms with Crippen molar-refractivity contribution >= 4 is 28.3 Å². The monoisotopic (exact) mass is 325 g/mol. The molecule has 4 heteroatoms. The Balaban J connectivity index is 1.83. The van der Waals surface area contributed by atoms with Gasteiger partial charge in [0.05, 0.1) is 11.2 Å². The molecule has 1 aromatic heterocycles. The van der Waals surface area contributed by atoms with Crippen molar-refractivity contribution in [3.63, 3.8) is 0 Å². The fraction of sp³-hybridized carbons (Fsp3) is 0.526. The Kier molecular flexibility index (Phi) is 3.84. The fourth-order valence-electron chi connectivity index (χ4n) is 4.75. The highest BCUT2D eigenvalue weighted by atomic mass is 32.1. The van der Waals surface area contributed by atoms with E-state index in [2.05, 4.69) is 52.1 Å². The van der Waals surface area contributed by atoms with Gasteiger partial charge in [-0.2, -0.15) is 0 Å². The van der Waals surface area contributed by atoms with Crippen molar-refractivity contribution in [2.75, 3.05) is 13.1 Å². The molecule has 0 spiro atoms. The summed E-state index contributed by atoms with van der Waals surface area (Å²) in [6.07, 6.45) is 3.43. The second-order valence-electron chi connectivity index (χ2n) is 6.98. The van der Waals surface area contributed by atoms with Crippen LogP contribution in [0.2, 0.25) is 0 Å². The fourth-order valence-corrected chi connectivity index (χ4v) is 4.90. The highest BCUT2D eigenvalue weighted by Crippen LogP contribution is 2.44. The van der Waals surface area contributed by atoms with Gasteiger partial charge in [0, 0.05) is 35.1 Å². The maximum atomic E-state index is 4.87. The number of fused-ring (bicyclic) bond motifs is 2. The minimum atomic E-state index is 0.289. The second-order valence-corrected chi connectivity index (χ2v) is 7.16. The Bertz CT molecular complexity index is 787. The van der Waals surface area contributed by atoms with Gasteiger partial charge >= 0.3 is 0 Å². The molecule has 4 rings (SSSR count). The molecule has 1 aliphatic heterocycles. The summed E-state index contributed by atoms with van der Waals surface area (Å²) in [5.74, 6) is 0.554. The van der Waals surface area contributed by atoms with E-state index >= 15 is 0 Å². The van der Waals surface area contributed by atoms with Gasteiger partial charge in [0.1, 0.15) is 0 Å². The number of hydrogen-bond donors (Lipinski definition) is 1. The number of hydrogen-bond acceptors (Lipinski definition) is 3. The summed E-state index contributed by atoms with van der Waals surface area (Å²) in [7, 11) is 0. The Morgan fingerprint density at radius 1 is 1.43 bits per heavy atom. The van der Waals surface area contributed by atoms with E-state index in [4.69, 9.17) is 12.2 Å². The predicted molar refractivity (Wildman–Crippen MR) is 98.6 cm³/mol. The minimum absolute atomic E-state index is 0.289. The Labute approximate surface area is 142 Å². The van der Waals surface area contributed by atoms with Crippen LogP contribution in [-0.4, -0.2) is 40.2 Å². The molecular formula is C19H23N3S. The average molecular weight is 325 g/mol. The zero-order valence-corrected chi connectivity index (χ0v) is 14.6. The molecule has 0 radical (unpaired) electrons. The van der Waals surface area contributed by atoms with E-state index in [1.54, 1.807) is 0 Å². The van der Waals surface area contributed by atoms with Crippen molar-refractivity contribution in [2.24, 2.45) is 4.99 Å². The number of rotatable bonds is 3. The smallest absolute Gasteiger partial charge is 0.0736 e. The molecule has 1 aromatic carbocycles. The molecule has 2 aromatic rings. The number of nitrogens with zero attached hydrogens (tertiary/aromatic N) is 2. The number of piperidine rings is 1. The molecule has 1 fully saturated rings. The quantitative estimate of drug-likeness (QED) is 0.681.